The van der Waals surface area contributed by atoms with Gasteiger partial charge in [-0.2, -0.15) is 13.2 Å². The number of carbonyl (C=O) groups is 1. The van der Waals surface area contributed by atoms with Gasteiger partial charge in [-0.1, -0.05) is 12.8 Å². The van der Waals surface area contributed by atoms with Crippen molar-refractivity contribution in [3.8, 4) is 0 Å². The molecule has 1 saturated carbocycles. The lowest BCUT2D eigenvalue weighted by Gasteiger charge is -2.24. The molecule has 2 nitrogen and oxygen atoms in total. The van der Waals surface area contributed by atoms with Gasteiger partial charge in [0.2, 0.25) is 5.91 Å². The van der Waals surface area contributed by atoms with Gasteiger partial charge >= 0.3 is 6.18 Å². The second-order valence-electron chi connectivity index (χ2n) is 5.44. The molecule has 1 spiro atoms. The van der Waals surface area contributed by atoms with E-state index >= 15 is 0 Å². The van der Waals surface area contributed by atoms with Gasteiger partial charge < -0.3 is 5.32 Å². The minimum atomic E-state index is -4.35. The number of nitrogens with one attached hydrogen (secondary N) is 1. The van der Waals surface area contributed by atoms with Crippen molar-refractivity contribution in [1.82, 2.24) is 0 Å². The van der Waals surface area contributed by atoms with E-state index < -0.39 is 17.2 Å². The molecule has 3 rings (SSSR count). The van der Waals surface area contributed by atoms with Crippen LogP contribution in [0.2, 0.25) is 0 Å². The van der Waals surface area contributed by atoms with Crippen LogP contribution in [0.4, 0.5) is 18.9 Å². The molecule has 1 heterocycles. The van der Waals surface area contributed by atoms with Gasteiger partial charge in [-0.3, -0.25) is 4.79 Å². The molecule has 1 N–H and O–H groups in total. The Kier molecular flexibility index (Phi) is 3.23. The Morgan fingerprint density at radius 2 is 1.90 bits per heavy atom. The number of amides is 1. The van der Waals surface area contributed by atoms with Crippen molar-refractivity contribution < 1.29 is 18.0 Å². The maximum atomic E-state index is 12.7. The van der Waals surface area contributed by atoms with Gasteiger partial charge in [-0.25, -0.2) is 0 Å². The quantitative estimate of drug-likeness (QED) is 0.773. The summed E-state index contributed by atoms with van der Waals surface area (Å²) in [6.45, 7) is 0. The zero-order chi connectivity index (χ0) is 14.4. The van der Waals surface area contributed by atoms with Gasteiger partial charge in [0.1, 0.15) is 0 Å². The van der Waals surface area contributed by atoms with E-state index in [4.69, 9.17) is 0 Å². The summed E-state index contributed by atoms with van der Waals surface area (Å²) in [6, 6.07) is 3.51. The Bertz CT molecular complexity index is 550. The van der Waals surface area contributed by atoms with Crippen molar-refractivity contribution in [2.75, 3.05) is 11.1 Å². The van der Waals surface area contributed by atoms with Gasteiger partial charge in [-0.15, -0.1) is 11.8 Å². The summed E-state index contributed by atoms with van der Waals surface area (Å²) in [5.41, 5.74) is -0.570. The first-order valence-electron chi connectivity index (χ1n) is 6.56. The molecule has 1 aromatic rings. The third kappa shape index (κ3) is 2.30. The molecule has 0 aromatic heterocycles. The summed E-state index contributed by atoms with van der Waals surface area (Å²) in [5, 5.41) is 2.81. The topological polar surface area (TPSA) is 29.1 Å². The van der Waals surface area contributed by atoms with E-state index in [1.807, 2.05) is 0 Å². The molecule has 1 fully saturated rings. The van der Waals surface area contributed by atoms with Crippen LogP contribution >= 0.6 is 11.8 Å². The molecule has 0 atom stereocenters. The first-order chi connectivity index (χ1) is 9.41. The predicted octanol–water partition coefficient (Wildman–Crippen LogP) is 4.31. The highest BCUT2D eigenvalue weighted by molar-refractivity contribution is 7.99. The Labute approximate surface area is 119 Å². The molecular formula is C14H14F3NOS. The minimum absolute atomic E-state index is 0.0407. The number of hydrogen-bond donors (Lipinski definition) is 1. The average molecular weight is 301 g/mol. The molecule has 1 aliphatic carbocycles. The third-order valence-corrected chi connectivity index (χ3v) is 5.45. The van der Waals surface area contributed by atoms with Crippen molar-refractivity contribution in [2.45, 2.75) is 36.8 Å². The number of hydrogen-bond acceptors (Lipinski definition) is 2. The zero-order valence-electron chi connectivity index (χ0n) is 10.7. The molecule has 1 aromatic carbocycles. The van der Waals surface area contributed by atoms with Crippen LogP contribution < -0.4 is 5.32 Å². The fourth-order valence-corrected chi connectivity index (χ4v) is 4.22. The molecule has 0 bridgehead atoms. The van der Waals surface area contributed by atoms with Crippen LogP contribution in [-0.4, -0.2) is 11.7 Å². The van der Waals surface area contributed by atoms with Crippen molar-refractivity contribution in [3.05, 3.63) is 23.8 Å². The molecule has 1 amide bonds. The summed E-state index contributed by atoms with van der Waals surface area (Å²) in [6.07, 6.45) is -0.675. The van der Waals surface area contributed by atoms with Crippen molar-refractivity contribution in [1.29, 1.82) is 0 Å². The maximum Gasteiger partial charge on any atom is 0.416 e. The van der Waals surface area contributed by atoms with E-state index in [1.54, 1.807) is 0 Å². The Balaban J connectivity index is 1.94. The molecule has 2 aliphatic rings. The number of halogens is 3. The van der Waals surface area contributed by atoms with Gasteiger partial charge in [-0.05, 0) is 31.0 Å². The second kappa shape index (κ2) is 4.69. The minimum Gasteiger partial charge on any atom is -0.325 e. The van der Waals surface area contributed by atoms with Crippen LogP contribution in [0, 0.1) is 5.41 Å². The first-order valence-corrected chi connectivity index (χ1v) is 7.55. The van der Waals surface area contributed by atoms with Crippen LogP contribution in [0.5, 0.6) is 0 Å². The second-order valence-corrected chi connectivity index (χ2v) is 6.46. The van der Waals surface area contributed by atoms with Crippen LogP contribution in [0.1, 0.15) is 31.2 Å². The normalized spacial score (nSPS) is 21.4. The molecule has 108 valence electrons. The number of fused-ring (bicyclic) bond motifs is 1. The SMILES string of the molecule is O=C1Nc2ccc(C(F)(F)F)cc2SCC12CCCC2. The fourth-order valence-electron chi connectivity index (χ4n) is 2.88. The highest BCUT2D eigenvalue weighted by Gasteiger charge is 2.43. The van der Waals surface area contributed by atoms with Crippen molar-refractivity contribution in [2.24, 2.45) is 5.41 Å². The number of benzene rings is 1. The molecule has 0 unspecified atom stereocenters. The number of anilines is 1. The summed E-state index contributed by atoms with van der Waals surface area (Å²) in [7, 11) is 0. The molecular weight excluding hydrogens is 287 g/mol. The summed E-state index contributed by atoms with van der Waals surface area (Å²) in [5.74, 6) is 0.522. The summed E-state index contributed by atoms with van der Waals surface area (Å²) < 4.78 is 38.2. The van der Waals surface area contributed by atoms with Gasteiger partial charge in [0.05, 0.1) is 16.7 Å². The fraction of sp³-hybridized carbons (Fsp3) is 0.500. The highest BCUT2D eigenvalue weighted by atomic mass is 32.2. The lowest BCUT2D eigenvalue weighted by atomic mass is 9.87. The third-order valence-electron chi connectivity index (χ3n) is 4.10. The monoisotopic (exact) mass is 301 g/mol. The number of thioether (sulfide) groups is 1. The van der Waals surface area contributed by atoms with Crippen molar-refractivity contribution in [3.63, 3.8) is 0 Å². The highest BCUT2D eigenvalue weighted by Crippen LogP contribution is 2.47. The van der Waals surface area contributed by atoms with Crippen LogP contribution in [0.15, 0.2) is 23.1 Å². The van der Waals surface area contributed by atoms with Crippen LogP contribution in [-0.2, 0) is 11.0 Å². The van der Waals surface area contributed by atoms with E-state index in [1.165, 1.54) is 17.8 Å². The van der Waals surface area contributed by atoms with Crippen molar-refractivity contribution >= 4 is 23.4 Å². The zero-order valence-corrected chi connectivity index (χ0v) is 11.5. The van der Waals surface area contributed by atoms with Crippen LogP contribution in [0.3, 0.4) is 0 Å². The Morgan fingerprint density at radius 1 is 1.20 bits per heavy atom. The van der Waals surface area contributed by atoms with E-state index in [9.17, 15) is 18.0 Å². The molecule has 1 aliphatic heterocycles. The standard InChI is InChI=1S/C14H14F3NOS/c15-14(16,17)9-3-4-10-11(7-9)20-8-13(12(19)18-10)5-1-2-6-13/h3-4,7H,1-2,5-6,8H2,(H,18,19). The predicted molar refractivity (Wildman–Crippen MR) is 71.7 cm³/mol. The smallest absolute Gasteiger partial charge is 0.325 e. The van der Waals surface area contributed by atoms with E-state index in [0.29, 0.717) is 16.3 Å². The molecule has 0 radical (unpaired) electrons. The lowest BCUT2D eigenvalue weighted by molar-refractivity contribution is -0.137. The van der Waals surface area contributed by atoms with Gasteiger partial charge in [0, 0.05) is 10.6 Å². The molecule has 0 saturated heterocycles. The van der Waals surface area contributed by atoms with E-state index in [-0.39, 0.29) is 5.91 Å². The molecule has 6 heteroatoms. The number of rotatable bonds is 0. The van der Waals surface area contributed by atoms with Crippen LogP contribution in [0.25, 0.3) is 0 Å². The number of carbonyl (C=O) groups excluding carboxylic acids is 1. The summed E-state index contributed by atoms with van der Waals surface area (Å²) >= 11 is 1.36. The first kappa shape index (κ1) is 13.8. The van der Waals surface area contributed by atoms with E-state index in [2.05, 4.69) is 5.32 Å². The molecule has 20 heavy (non-hydrogen) atoms. The largest absolute Gasteiger partial charge is 0.416 e. The average Bonchev–Trinajstić information content (AvgIpc) is 2.81. The van der Waals surface area contributed by atoms with E-state index in [0.717, 1.165) is 37.8 Å². The maximum absolute atomic E-state index is 12.7. The van der Waals surface area contributed by atoms with Gasteiger partial charge in [0.25, 0.3) is 0 Å². The Hall–Kier alpha value is -1.17. The summed E-state index contributed by atoms with van der Waals surface area (Å²) in [4.78, 5) is 12.8. The number of alkyl halides is 3. The lowest BCUT2D eigenvalue weighted by Crippen LogP contribution is -2.34. The van der Waals surface area contributed by atoms with Gasteiger partial charge in [0.15, 0.2) is 0 Å². The Morgan fingerprint density at radius 3 is 2.55 bits per heavy atom.